The average molecular weight is 344 g/mol. The number of rotatable bonds is 4. The summed E-state index contributed by atoms with van der Waals surface area (Å²) >= 11 is 11.8. The van der Waals surface area contributed by atoms with Crippen molar-refractivity contribution in [2.75, 3.05) is 0 Å². The molecule has 114 valence electrons. The lowest BCUT2D eigenvalue weighted by Crippen LogP contribution is -2.10. The zero-order chi connectivity index (χ0) is 16.2. The smallest absolute Gasteiger partial charge is 0.211 e. The van der Waals surface area contributed by atoms with Gasteiger partial charge >= 0.3 is 0 Å². The Bertz CT molecular complexity index is 839. The second-order valence-corrected chi connectivity index (χ2v) is 5.63. The van der Waals surface area contributed by atoms with Gasteiger partial charge in [0.1, 0.15) is 18.4 Å². The first-order chi connectivity index (χ1) is 11.1. The number of halogens is 2. The number of hydrogen-bond donors (Lipinski definition) is 0. The van der Waals surface area contributed by atoms with E-state index < -0.39 is 0 Å². The Morgan fingerprint density at radius 2 is 1.57 bits per heavy atom. The number of allylic oxidation sites excluding steroid dienone is 1. The molecule has 0 bridgehead atoms. The highest BCUT2D eigenvalue weighted by Crippen LogP contribution is 2.19. The molecular weight excluding hydrogens is 333 g/mol. The summed E-state index contributed by atoms with van der Waals surface area (Å²) < 4.78 is 1.44. The van der Waals surface area contributed by atoms with Gasteiger partial charge in [0.2, 0.25) is 5.78 Å². The van der Waals surface area contributed by atoms with Crippen LogP contribution >= 0.6 is 23.2 Å². The van der Waals surface area contributed by atoms with Crippen LogP contribution in [0.5, 0.6) is 0 Å². The van der Waals surface area contributed by atoms with Crippen molar-refractivity contribution in [2.45, 2.75) is 0 Å². The minimum Gasteiger partial charge on any atom is -0.287 e. The summed E-state index contributed by atoms with van der Waals surface area (Å²) in [5.41, 5.74) is 1.74. The molecule has 0 unspecified atom stereocenters. The van der Waals surface area contributed by atoms with Crippen molar-refractivity contribution in [3.63, 3.8) is 0 Å². The zero-order valence-corrected chi connectivity index (χ0v) is 13.4. The van der Waals surface area contributed by atoms with E-state index >= 15 is 0 Å². The summed E-state index contributed by atoms with van der Waals surface area (Å²) in [5, 5.41) is 5.27. The van der Waals surface area contributed by atoms with Gasteiger partial charge in [0, 0.05) is 15.6 Å². The molecule has 0 fully saturated rings. The van der Waals surface area contributed by atoms with E-state index in [1.807, 2.05) is 12.1 Å². The van der Waals surface area contributed by atoms with Gasteiger partial charge in [-0.1, -0.05) is 35.3 Å². The topological polar surface area (TPSA) is 47.8 Å². The van der Waals surface area contributed by atoms with Crippen molar-refractivity contribution in [3.05, 3.63) is 82.4 Å². The number of aromatic nitrogens is 3. The second kappa shape index (κ2) is 6.77. The molecular formula is C17H11Cl2N3O. The Kier molecular flexibility index (Phi) is 4.55. The van der Waals surface area contributed by atoms with E-state index in [0.717, 1.165) is 5.56 Å². The molecule has 0 spiro atoms. The van der Waals surface area contributed by atoms with Crippen LogP contribution in [-0.2, 0) is 0 Å². The summed E-state index contributed by atoms with van der Waals surface area (Å²) in [6, 6.07) is 13.9. The highest BCUT2D eigenvalue weighted by Gasteiger charge is 2.15. The molecule has 1 heterocycles. The number of carbonyl (C=O) groups is 1. The fraction of sp³-hybridized carbons (Fsp3) is 0. The summed E-state index contributed by atoms with van der Waals surface area (Å²) in [4.78, 5) is 16.7. The monoisotopic (exact) mass is 343 g/mol. The van der Waals surface area contributed by atoms with Crippen LogP contribution < -0.4 is 0 Å². The van der Waals surface area contributed by atoms with Crippen LogP contribution in [0.2, 0.25) is 10.0 Å². The fourth-order valence-corrected chi connectivity index (χ4v) is 2.29. The number of hydrogen-bond acceptors (Lipinski definition) is 3. The minimum atomic E-state index is -0.179. The predicted octanol–water partition coefficient (Wildman–Crippen LogP) is 4.47. The van der Waals surface area contributed by atoms with E-state index in [2.05, 4.69) is 10.1 Å². The lowest BCUT2D eigenvalue weighted by atomic mass is 10.1. The van der Waals surface area contributed by atoms with Gasteiger partial charge in [0.25, 0.3) is 0 Å². The molecule has 0 saturated heterocycles. The molecule has 1 aromatic heterocycles. The van der Waals surface area contributed by atoms with Crippen molar-refractivity contribution < 1.29 is 4.79 Å². The van der Waals surface area contributed by atoms with Gasteiger partial charge in [0.15, 0.2) is 0 Å². The largest absolute Gasteiger partial charge is 0.287 e. The summed E-state index contributed by atoms with van der Waals surface area (Å²) in [5.74, 6) is -0.179. The van der Waals surface area contributed by atoms with E-state index in [1.54, 1.807) is 42.5 Å². The zero-order valence-electron chi connectivity index (χ0n) is 11.9. The highest BCUT2D eigenvalue weighted by atomic mass is 35.5. The summed E-state index contributed by atoms with van der Waals surface area (Å²) in [6.45, 7) is 0. The average Bonchev–Trinajstić information content (AvgIpc) is 3.08. The van der Waals surface area contributed by atoms with Crippen LogP contribution in [0.25, 0.3) is 11.8 Å². The van der Waals surface area contributed by atoms with Crippen molar-refractivity contribution in [1.29, 1.82) is 0 Å². The van der Waals surface area contributed by atoms with Gasteiger partial charge in [-0.2, -0.15) is 5.10 Å². The van der Waals surface area contributed by atoms with Crippen molar-refractivity contribution >= 4 is 40.8 Å². The lowest BCUT2D eigenvalue weighted by molar-refractivity contribution is 0.105. The van der Waals surface area contributed by atoms with Crippen molar-refractivity contribution in [1.82, 2.24) is 14.8 Å². The fourth-order valence-electron chi connectivity index (χ4n) is 2.03. The SMILES string of the molecule is O=C(/C(=C\c1ccc(Cl)cc1)n1cncn1)c1ccc(Cl)cc1. The molecule has 0 aliphatic rings. The molecule has 0 amide bonds. The van der Waals surface area contributed by atoms with Gasteiger partial charge in [-0.15, -0.1) is 0 Å². The third kappa shape index (κ3) is 3.67. The molecule has 0 atom stereocenters. The number of carbonyl (C=O) groups excluding carboxylic acids is 1. The minimum absolute atomic E-state index is 0.179. The Morgan fingerprint density at radius 3 is 2.13 bits per heavy atom. The molecule has 2 aromatic carbocycles. The van der Waals surface area contributed by atoms with Gasteiger partial charge < -0.3 is 0 Å². The molecule has 0 aliphatic carbocycles. The van der Waals surface area contributed by atoms with E-state index in [0.29, 0.717) is 21.3 Å². The predicted molar refractivity (Wildman–Crippen MR) is 91.4 cm³/mol. The highest BCUT2D eigenvalue weighted by molar-refractivity contribution is 6.31. The maximum atomic E-state index is 12.8. The van der Waals surface area contributed by atoms with E-state index in [-0.39, 0.29) is 5.78 Å². The first-order valence-corrected chi connectivity index (χ1v) is 7.51. The molecule has 0 radical (unpaired) electrons. The van der Waals surface area contributed by atoms with Crippen LogP contribution in [0.4, 0.5) is 0 Å². The first kappa shape index (κ1) is 15.5. The number of ketones is 1. The Labute approximate surface area is 143 Å². The normalized spacial score (nSPS) is 11.5. The number of nitrogens with zero attached hydrogens (tertiary/aromatic N) is 3. The molecule has 3 aromatic rings. The Morgan fingerprint density at radius 1 is 0.957 bits per heavy atom. The Balaban J connectivity index is 2.04. The third-order valence-electron chi connectivity index (χ3n) is 3.18. The molecule has 23 heavy (non-hydrogen) atoms. The van der Waals surface area contributed by atoms with E-state index in [1.165, 1.54) is 17.3 Å². The van der Waals surface area contributed by atoms with Crippen LogP contribution in [0.1, 0.15) is 15.9 Å². The third-order valence-corrected chi connectivity index (χ3v) is 3.68. The van der Waals surface area contributed by atoms with Gasteiger partial charge in [-0.05, 0) is 48.0 Å². The van der Waals surface area contributed by atoms with Gasteiger partial charge in [-0.25, -0.2) is 9.67 Å². The van der Waals surface area contributed by atoms with E-state index in [4.69, 9.17) is 23.2 Å². The van der Waals surface area contributed by atoms with Crippen molar-refractivity contribution in [3.8, 4) is 0 Å². The van der Waals surface area contributed by atoms with Crippen LogP contribution in [-0.4, -0.2) is 20.5 Å². The summed E-state index contributed by atoms with van der Waals surface area (Å²) in [7, 11) is 0. The quantitative estimate of drug-likeness (QED) is 0.518. The van der Waals surface area contributed by atoms with Crippen LogP contribution in [0, 0.1) is 0 Å². The van der Waals surface area contributed by atoms with Gasteiger partial charge in [0.05, 0.1) is 0 Å². The molecule has 0 N–H and O–H groups in total. The van der Waals surface area contributed by atoms with Crippen LogP contribution in [0.15, 0.2) is 61.2 Å². The molecule has 0 saturated carbocycles. The Hall–Kier alpha value is -2.43. The summed E-state index contributed by atoms with van der Waals surface area (Å²) in [6.07, 6.45) is 4.60. The van der Waals surface area contributed by atoms with E-state index in [9.17, 15) is 4.79 Å². The van der Waals surface area contributed by atoms with Crippen molar-refractivity contribution in [2.24, 2.45) is 0 Å². The molecule has 3 rings (SSSR count). The standard InChI is InChI=1S/C17H11Cl2N3O/c18-14-5-1-12(2-6-14)9-16(22-11-20-10-21-22)17(23)13-3-7-15(19)8-4-13/h1-11H/b16-9+. The maximum absolute atomic E-state index is 12.8. The number of benzene rings is 2. The first-order valence-electron chi connectivity index (χ1n) is 6.76. The van der Waals surface area contributed by atoms with Gasteiger partial charge in [-0.3, -0.25) is 4.79 Å². The maximum Gasteiger partial charge on any atom is 0.211 e. The van der Waals surface area contributed by atoms with Crippen LogP contribution in [0.3, 0.4) is 0 Å². The molecule has 4 nitrogen and oxygen atoms in total. The molecule has 6 heteroatoms. The molecule has 0 aliphatic heterocycles. The second-order valence-electron chi connectivity index (χ2n) is 4.76. The lowest BCUT2D eigenvalue weighted by Gasteiger charge is -2.07. The number of Topliss-reactive ketones (excluding diaryl/α,β-unsaturated/α-hetero) is 1.